The average Bonchev–Trinajstić information content (AvgIpc) is 3.04. The second-order valence-corrected chi connectivity index (χ2v) is 8.12. The average molecular weight is 330 g/mol. The van der Waals surface area contributed by atoms with Crippen LogP contribution in [0.3, 0.4) is 0 Å². The third kappa shape index (κ3) is 8.75. The van der Waals surface area contributed by atoms with Gasteiger partial charge in [-0.15, -0.1) is 13.2 Å². The van der Waals surface area contributed by atoms with Gasteiger partial charge in [-0.25, -0.2) is 12.1 Å². The predicted octanol–water partition coefficient (Wildman–Crippen LogP) is 5.23. The first-order valence-corrected chi connectivity index (χ1v) is 8.94. The largest absolute Gasteiger partial charge is 0.748 e. The zero-order chi connectivity index (χ0) is 14.1. The van der Waals surface area contributed by atoms with Gasteiger partial charge in [-0.3, -0.25) is 0 Å². The maximum atomic E-state index is 2.33. The number of hydrogen-bond donors (Lipinski definition) is 0. The van der Waals surface area contributed by atoms with E-state index < -0.39 is 0 Å². The maximum Gasteiger partial charge on any atom is 0 e. The Morgan fingerprint density at radius 3 is 1.45 bits per heavy atom. The molecule has 0 atom stereocenters. The van der Waals surface area contributed by atoms with Gasteiger partial charge < -0.3 is 30.3 Å². The standard InChI is InChI=1S/C13H22P.C5H5.Fe/c1-11(2)9-14(10-12(3)4)13-7-5-6-8-13;1-2-4-5-3-1;/h5-8,11-12H,9-10H2,1-4H3;1-5H;/q-1;-5;. The second-order valence-electron chi connectivity index (χ2n) is 5.80. The molecule has 0 aliphatic carbocycles. The van der Waals surface area contributed by atoms with Gasteiger partial charge in [0.15, 0.2) is 0 Å². The first-order valence-electron chi connectivity index (χ1n) is 7.23. The Labute approximate surface area is 136 Å². The van der Waals surface area contributed by atoms with Gasteiger partial charge in [-0.1, -0.05) is 27.7 Å². The molecule has 0 spiro atoms. The fourth-order valence-electron chi connectivity index (χ4n) is 2.06. The second kappa shape index (κ2) is 11.3. The zero-order valence-electron chi connectivity index (χ0n) is 13.1. The van der Waals surface area contributed by atoms with E-state index in [1.807, 2.05) is 30.3 Å². The minimum Gasteiger partial charge on any atom is -0.748 e. The van der Waals surface area contributed by atoms with E-state index >= 15 is 0 Å². The first-order chi connectivity index (χ1) is 9.09. The number of rotatable bonds is 5. The van der Waals surface area contributed by atoms with Crippen LogP contribution in [0.25, 0.3) is 0 Å². The van der Waals surface area contributed by atoms with E-state index in [-0.39, 0.29) is 25.0 Å². The molecule has 0 nitrogen and oxygen atoms in total. The third-order valence-electron chi connectivity index (χ3n) is 2.74. The molecule has 0 aliphatic rings. The molecule has 0 N–H and O–H groups in total. The van der Waals surface area contributed by atoms with Crippen LogP contribution in [-0.4, -0.2) is 12.3 Å². The van der Waals surface area contributed by atoms with E-state index in [0.717, 1.165) is 11.8 Å². The Hall–Kier alpha value is -0.351. The van der Waals surface area contributed by atoms with Crippen molar-refractivity contribution < 1.29 is 17.1 Å². The van der Waals surface area contributed by atoms with E-state index in [2.05, 4.69) is 52.0 Å². The van der Waals surface area contributed by atoms with Gasteiger partial charge in [0, 0.05) is 17.1 Å². The summed E-state index contributed by atoms with van der Waals surface area (Å²) in [5, 5.41) is 1.60. The van der Waals surface area contributed by atoms with Gasteiger partial charge >= 0.3 is 0 Å². The Kier molecular flexibility index (Phi) is 11.1. The van der Waals surface area contributed by atoms with Crippen molar-refractivity contribution in [2.24, 2.45) is 11.8 Å². The summed E-state index contributed by atoms with van der Waals surface area (Å²) in [5.74, 6) is 1.66. The summed E-state index contributed by atoms with van der Waals surface area (Å²) in [6.45, 7) is 9.33. The fourth-order valence-corrected chi connectivity index (χ4v) is 4.99. The number of hydrogen-bond acceptors (Lipinski definition) is 0. The van der Waals surface area contributed by atoms with Gasteiger partial charge in [0.2, 0.25) is 0 Å². The maximum absolute atomic E-state index is 2.33. The van der Waals surface area contributed by atoms with Crippen LogP contribution in [-0.2, 0) is 17.1 Å². The third-order valence-corrected chi connectivity index (χ3v) is 6.11. The van der Waals surface area contributed by atoms with Gasteiger partial charge in [0.1, 0.15) is 0 Å². The molecular weight excluding hydrogens is 303 g/mol. The zero-order valence-corrected chi connectivity index (χ0v) is 15.1. The fraction of sp³-hybridized carbons (Fsp3) is 0.444. The molecule has 0 bridgehead atoms. The molecule has 2 heteroatoms. The van der Waals surface area contributed by atoms with Gasteiger partial charge in [-0.05, 0) is 24.2 Å². The van der Waals surface area contributed by atoms with E-state index in [1.165, 1.54) is 12.3 Å². The normalized spacial score (nSPS) is 10.3. The van der Waals surface area contributed by atoms with Crippen LogP contribution >= 0.6 is 7.92 Å². The summed E-state index contributed by atoms with van der Waals surface area (Å²) >= 11 is 0. The molecule has 2 aromatic rings. The van der Waals surface area contributed by atoms with E-state index in [9.17, 15) is 0 Å². The summed E-state index contributed by atoms with van der Waals surface area (Å²) in [6, 6.07) is 18.9. The molecule has 0 saturated heterocycles. The van der Waals surface area contributed by atoms with Crippen LogP contribution in [0, 0.1) is 11.8 Å². The quantitative estimate of drug-likeness (QED) is 0.400. The molecule has 118 valence electrons. The summed E-state index contributed by atoms with van der Waals surface area (Å²) in [5.41, 5.74) is 0. The van der Waals surface area contributed by atoms with Gasteiger partial charge in [0.25, 0.3) is 0 Å². The van der Waals surface area contributed by atoms with Crippen LogP contribution < -0.4 is 5.30 Å². The topological polar surface area (TPSA) is 0 Å². The van der Waals surface area contributed by atoms with E-state index in [0.29, 0.717) is 0 Å². The van der Waals surface area contributed by atoms with Gasteiger partial charge in [0.05, 0.1) is 0 Å². The van der Waals surface area contributed by atoms with Crippen molar-refractivity contribution in [1.29, 1.82) is 0 Å². The summed E-state index contributed by atoms with van der Waals surface area (Å²) < 4.78 is 0. The monoisotopic (exact) mass is 330 g/mol. The van der Waals surface area contributed by atoms with Crippen molar-refractivity contribution in [3.8, 4) is 0 Å². The molecule has 0 saturated carbocycles. The summed E-state index contributed by atoms with van der Waals surface area (Å²) in [4.78, 5) is 0. The molecule has 0 fully saturated rings. The smallest absolute Gasteiger partial charge is 0 e. The van der Waals surface area contributed by atoms with Crippen LogP contribution in [0.4, 0.5) is 0 Å². The molecule has 0 aromatic heterocycles. The van der Waals surface area contributed by atoms with Crippen LogP contribution in [0.15, 0.2) is 54.6 Å². The molecule has 20 heavy (non-hydrogen) atoms. The predicted molar refractivity (Wildman–Crippen MR) is 90.0 cm³/mol. The molecular formula is C18H27FeP-6. The van der Waals surface area contributed by atoms with Crippen molar-refractivity contribution in [3.63, 3.8) is 0 Å². The molecule has 0 heterocycles. The van der Waals surface area contributed by atoms with Crippen molar-refractivity contribution in [1.82, 2.24) is 0 Å². The Morgan fingerprint density at radius 2 is 1.15 bits per heavy atom. The van der Waals surface area contributed by atoms with Crippen LogP contribution in [0.5, 0.6) is 0 Å². The summed E-state index contributed by atoms with van der Waals surface area (Å²) in [6.07, 6.45) is 2.77. The molecule has 0 amide bonds. The minimum atomic E-state index is 0. The van der Waals surface area contributed by atoms with Crippen molar-refractivity contribution in [2.45, 2.75) is 27.7 Å². The SMILES string of the molecule is CC(C)CP(CC(C)C)[c-]1cccc1.[Fe].[cH-]1[cH-][cH-][cH-][cH-]1. The van der Waals surface area contributed by atoms with Crippen LogP contribution in [0.1, 0.15) is 27.7 Å². The molecule has 2 rings (SSSR count). The first kappa shape index (κ1) is 19.6. The molecule has 0 radical (unpaired) electrons. The summed E-state index contributed by atoms with van der Waals surface area (Å²) in [7, 11) is 0.102. The molecule has 0 unspecified atom stereocenters. The minimum absolute atomic E-state index is 0. The van der Waals surface area contributed by atoms with Crippen molar-refractivity contribution in [2.75, 3.05) is 12.3 Å². The van der Waals surface area contributed by atoms with E-state index in [1.54, 1.807) is 5.30 Å². The molecule has 0 aliphatic heterocycles. The van der Waals surface area contributed by atoms with Crippen LogP contribution in [0.2, 0.25) is 0 Å². The Bertz CT molecular complexity index is 360. The Morgan fingerprint density at radius 1 is 0.800 bits per heavy atom. The van der Waals surface area contributed by atoms with Gasteiger partial charge in [-0.2, -0.15) is 12.1 Å². The van der Waals surface area contributed by atoms with Crippen molar-refractivity contribution in [3.05, 3.63) is 54.6 Å². The van der Waals surface area contributed by atoms with Crippen molar-refractivity contribution >= 4 is 13.2 Å². The molecule has 2 aromatic carbocycles. The van der Waals surface area contributed by atoms with E-state index in [4.69, 9.17) is 0 Å². The Balaban J connectivity index is 0.000000507.